The summed E-state index contributed by atoms with van der Waals surface area (Å²) in [6, 6.07) is 7.40. The van der Waals surface area contributed by atoms with Crippen molar-refractivity contribution in [2.75, 3.05) is 24.6 Å². The predicted octanol–water partition coefficient (Wildman–Crippen LogP) is 1.99. The summed E-state index contributed by atoms with van der Waals surface area (Å²) in [7, 11) is -3.33. The van der Waals surface area contributed by atoms with Crippen LogP contribution in [0.2, 0.25) is 0 Å². The van der Waals surface area contributed by atoms with Gasteiger partial charge in [-0.1, -0.05) is 25.1 Å². The molecule has 6 heteroatoms. The third kappa shape index (κ3) is 4.43. The van der Waals surface area contributed by atoms with Gasteiger partial charge in [0.1, 0.15) is 0 Å². The zero-order valence-corrected chi connectivity index (χ0v) is 13.3. The molecule has 1 aliphatic rings. The van der Waals surface area contributed by atoms with Gasteiger partial charge in [-0.2, -0.15) is 4.31 Å². The minimum Gasteiger partial charge on any atom is -0.398 e. The largest absolute Gasteiger partial charge is 0.398 e. The highest BCUT2D eigenvalue weighted by Gasteiger charge is 2.28. The molecule has 0 spiro atoms. The van der Waals surface area contributed by atoms with E-state index in [9.17, 15) is 8.42 Å². The molecule has 0 aromatic heterocycles. The summed E-state index contributed by atoms with van der Waals surface area (Å²) in [5.74, 6) is 0.0692. The van der Waals surface area contributed by atoms with Crippen LogP contribution < -0.4 is 5.73 Å². The standard InChI is InChI=1S/C15H24N2O3S/c1-2-9-17(11-13-6-3-4-8-15(13)16)21(18,19)12-14-7-5-10-20-14/h3-4,6,8,14H,2,5,7,9-12,16H2,1H3. The minimum absolute atomic E-state index is 0.0692. The lowest BCUT2D eigenvalue weighted by atomic mass is 10.2. The van der Waals surface area contributed by atoms with Crippen LogP contribution >= 0.6 is 0 Å². The number of nitrogen functional groups attached to an aromatic ring is 1. The van der Waals surface area contributed by atoms with Crippen LogP contribution in [0.4, 0.5) is 5.69 Å². The quantitative estimate of drug-likeness (QED) is 0.782. The summed E-state index contributed by atoms with van der Waals surface area (Å²) in [6.07, 6.45) is 2.38. The summed E-state index contributed by atoms with van der Waals surface area (Å²) >= 11 is 0. The van der Waals surface area contributed by atoms with E-state index in [-0.39, 0.29) is 11.9 Å². The van der Waals surface area contributed by atoms with Crippen LogP contribution in [-0.4, -0.2) is 37.7 Å². The maximum absolute atomic E-state index is 12.6. The zero-order valence-electron chi connectivity index (χ0n) is 12.5. The summed E-state index contributed by atoms with van der Waals surface area (Å²) in [6.45, 7) is 3.47. The molecule has 1 heterocycles. The number of para-hydroxylation sites is 1. The van der Waals surface area contributed by atoms with Crippen LogP contribution in [0.5, 0.6) is 0 Å². The number of hydrogen-bond acceptors (Lipinski definition) is 4. The lowest BCUT2D eigenvalue weighted by molar-refractivity contribution is 0.126. The monoisotopic (exact) mass is 312 g/mol. The summed E-state index contributed by atoms with van der Waals surface area (Å²) in [5.41, 5.74) is 7.41. The van der Waals surface area contributed by atoms with Crippen molar-refractivity contribution in [3.05, 3.63) is 29.8 Å². The highest BCUT2D eigenvalue weighted by atomic mass is 32.2. The van der Waals surface area contributed by atoms with Crippen LogP contribution in [-0.2, 0) is 21.3 Å². The van der Waals surface area contributed by atoms with E-state index in [0.717, 1.165) is 24.8 Å². The SMILES string of the molecule is CCCN(Cc1ccccc1N)S(=O)(=O)CC1CCCO1. The third-order valence-corrected chi connectivity index (χ3v) is 5.58. The van der Waals surface area contributed by atoms with E-state index in [1.54, 1.807) is 6.07 Å². The van der Waals surface area contributed by atoms with Crippen molar-refractivity contribution < 1.29 is 13.2 Å². The molecule has 1 aliphatic heterocycles. The number of nitrogens with two attached hydrogens (primary N) is 1. The Kier molecular flexibility index (Phi) is 5.61. The third-order valence-electron chi connectivity index (χ3n) is 3.69. The van der Waals surface area contributed by atoms with Crippen molar-refractivity contribution in [1.82, 2.24) is 4.31 Å². The topological polar surface area (TPSA) is 72.6 Å². The molecule has 0 bridgehead atoms. The summed E-state index contributed by atoms with van der Waals surface area (Å²) in [4.78, 5) is 0. The minimum atomic E-state index is -3.33. The fourth-order valence-electron chi connectivity index (χ4n) is 2.55. The number of nitrogens with zero attached hydrogens (tertiary/aromatic N) is 1. The molecule has 0 radical (unpaired) electrons. The Morgan fingerprint density at radius 3 is 2.76 bits per heavy atom. The van der Waals surface area contributed by atoms with Crippen molar-refractivity contribution in [2.45, 2.75) is 38.8 Å². The molecule has 1 aromatic rings. The van der Waals surface area contributed by atoms with E-state index in [1.165, 1.54) is 4.31 Å². The second-order valence-corrected chi connectivity index (χ2v) is 7.46. The molecule has 118 valence electrons. The van der Waals surface area contributed by atoms with Gasteiger partial charge in [-0.15, -0.1) is 0 Å². The second-order valence-electron chi connectivity index (χ2n) is 5.45. The molecule has 1 fully saturated rings. The van der Waals surface area contributed by atoms with Gasteiger partial charge in [0.2, 0.25) is 10.0 Å². The Bertz CT molecular complexity index is 554. The zero-order chi connectivity index (χ0) is 15.3. The lowest BCUT2D eigenvalue weighted by Gasteiger charge is -2.24. The molecule has 1 atom stereocenters. The van der Waals surface area contributed by atoms with Crippen LogP contribution in [0.25, 0.3) is 0 Å². The first-order valence-corrected chi connectivity index (χ1v) is 9.06. The van der Waals surface area contributed by atoms with Gasteiger partial charge in [0, 0.05) is 25.4 Å². The molecular weight excluding hydrogens is 288 g/mol. The van der Waals surface area contributed by atoms with Gasteiger partial charge in [-0.05, 0) is 30.9 Å². The maximum atomic E-state index is 12.6. The van der Waals surface area contributed by atoms with E-state index >= 15 is 0 Å². The van der Waals surface area contributed by atoms with Crippen LogP contribution in [0.1, 0.15) is 31.7 Å². The van der Waals surface area contributed by atoms with Crippen molar-refractivity contribution in [2.24, 2.45) is 0 Å². The molecule has 21 heavy (non-hydrogen) atoms. The molecule has 1 saturated heterocycles. The average Bonchev–Trinajstić information content (AvgIpc) is 2.92. The Labute approximate surface area is 127 Å². The molecule has 2 rings (SSSR count). The first-order chi connectivity index (χ1) is 10.0. The van der Waals surface area contributed by atoms with E-state index < -0.39 is 10.0 Å². The molecule has 0 saturated carbocycles. The van der Waals surface area contributed by atoms with Crippen LogP contribution in [0, 0.1) is 0 Å². The highest BCUT2D eigenvalue weighted by molar-refractivity contribution is 7.89. The van der Waals surface area contributed by atoms with Crippen LogP contribution in [0.15, 0.2) is 24.3 Å². The number of benzene rings is 1. The highest BCUT2D eigenvalue weighted by Crippen LogP contribution is 2.20. The Morgan fingerprint density at radius 2 is 2.14 bits per heavy atom. The molecule has 1 aromatic carbocycles. The molecule has 0 aliphatic carbocycles. The molecule has 5 nitrogen and oxygen atoms in total. The maximum Gasteiger partial charge on any atom is 0.216 e. The van der Waals surface area contributed by atoms with Gasteiger partial charge in [0.25, 0.3) is 0 Å². The van der Waals surface area contributed by atoms with Crippen LogP contribution in [0.3, 0.4) is 0 Å². The summed E-state index contributed by atoms with van der Waals surface area (Å²) in [5, 5.41) is 0. The van der Waals surface area contributed by atoms with Gasteiger partial charge in [0.15, 0.2) is 0 Å². The van der Waals surface area contributed by atoms with Gasteiger partial charge in [-0.3, -0.25) is 0 Å². The fraction of sp³-hybridized carbons (Fsp3) is 0.600. The van der Waals surface area contributed by atoms with E-state index in [1.807, 2.05) is 25.1 Å². The number of ether oxygens (including phenoxy) is 1. The summed E-state index contributed by atoms with van der Waals surface area (Å²) < 4.78 is 32.2. The molecule has 2 N–H and O–H groups in total. The smallest absolute Gasteiger partial charge is 0.216 e. The van der Waals surface area contributed by atoms with Gasteiger partial charge < -0.3 is 10.5 Å². The fourth-order valence-corrected chi connectivity index (χ4v) is 4.29. The first-order valence-electron chi connectivity index (χ1n) is 7.45. The Balaban J connectivity index is 2.11. The van der Waals surface area contributed by atoms with Gasteiger partial charge in [-0.25, -0.2) is 8.42 Å². The Hall–Kier alpha value is -1.11. The predicted molar refractivity (Wildman–Crippen MR) is 84.3 cm³/mol. The van der Waals surface area contributed by atoms with Crippen molar-refractivity contribution in [3.8, 4) is 0 Å². The lowest BCUT2D eigenvalue weighted by Crippen LogP contribution is -2.37. The Morgan fingerprint density at radius 1 is 1.38 bits per heavy atom. The first kappa shape index (κ1) is 16.3. The number of rotatable bonds is 7. The number of sulfonamides is 1. The number of anilines is 1. The van der Waals surface area contributed by atoms with Crippen molar-refractivity contribution >= 4 is 15.7 Å². The number of hydrogen-bond donors (Lipinski definition) is 1. The normalized spacial score (nSPS) is 19.2. The molecule has 1 unspecified atom stereocenters. The van der Waals surface area contributed by atoms with E-state index in [2.05, 4.69) is 0 Å². The van der Waals surface area contributed by atoms with Gasteiger partial charge >= 0.3 is 0 Å². The van der Waals surface area contributed by atoms with E-state index in [4.69, 9.17) is 10.5 Å². The van der Waals surface area contributed by atoms with E-state index in [0.29, 0.717) is 25.4 Å². The van der Waals surface area contributed by atoms with Crippen molar-refractivity contribution in [3.63, 3.8) is 0 Å². The van der Waals surface area contributed by atoms with Gasteiger partial charge in [0.05, 0.1) is 11.9 Å². The second kappa shape index (κ2) is 7.24. The van der Waals surface area contributed by atoms with Crippen molar-refractivity contribution in [1.29, 1.82) is 0 Å². The average molecular weight is 312 g/mol. The molecular formula is C15H24N2O3S. The molecule has 0 amide bonds.